The first kappa shape index (κ1) is 24.5. The summed E-state index contributed by atoms with van der Waals surface area (Å²) in [6.45, 7) is 5.33. The Morgan fingerprint density at radius 1 is 1.24 bits per heavy atom. The Labute approximate surface area is 197 Å². The Balaban J connectivity index is 1.77. The van der Waals surface area contributed by atoms with Crippen molar-refractivity contribution in [1.82, 2.24) is 10.2 Å². The van der Waals surface area contributed by atoms with E-state index in [1.54, 1.807) is 23.1 Å². The number of hydrogen-bond acceptors (Lipinski definition) is 7. The highest BCUT2D eigenvalue weighted by Crippen LogP contribution is 2.39. The first-order chi connectivity index (χ1) is 15.8. The minimum Gasteiger partial charge on any atom is -0.468 e. The molecule has 1 N–H and O–H groups in total. The summed E-state index contributed by atoms with van der Waals surface area (Å²) in [5, 5.41) is 14.8. The summed E-state index contributed by atoms with van der Waals surface area (Å²) in [7, 11) is 1.31. The number of piperazine rings is 1. The summed E-state index contributed by atoms with van der Waals surface area (Å²) < 4.78 is 4.73. The second kappa shape index (κ2) is 11.1. The molecule has 1 aliphatic heterocycles. The molecule has 0 aromatic heterocycles. The minimum atomic E-state index is -0.563. The van der Waals surface area contributed by atoms with Crippen molar-refractivity contribution in [2.45, 2.75) is 35.6 Å². The van der Waals surface area contributed by atoms with E-state index in [9.17, 15) is 19.7 Å². The van der Waals surface area contributed by atoms with Crippen molar-refractivity contribution >= 4 is 35.4 Å². The van der Waals surface area contributed by atoms with E-state index in [1.165, 1.54) is 31.0 Å². The van der Waals surface area contributed by atoms with Gasteiger partial charge in [0.25, 0.3) is 5.69 Å². The van der Waals surface area contributed by atoms with Crippen molar-refractivity contribution in [1.29, 1.82) is 0 Å². The molecule has 3 rings (SSSR count). The average Bonchev–Trinajstić information content (AvgIpc) is 2.82. The largest absolute Gasteiger partial charge is 0.468 e. The van der Waals surface area contributed by atoms with Gasteiger partial charge in [-0.3, -0.25) is 19.7 Å². The lowest BCUT2D eigenvalue weighted by molar-refractivity contribution is -0.387. The van der Waals surface area contributed by atoms with E-state index in [1.807, 2.05) is 24.3 Å². The summed E-state index contributed by atoms with van der Waals surface area (Å²) in [6.07, 6.45) is 2.93. The lowest BCUT2D eigenvalue weighted by Crippen LogP contribution is -2.55. The molecule has 33 heavy (non-hydrogen) atoms. The molecular weight excluding hydrogens is 442 g/mol. The molecule has 1 heterocycles. The number of esters is 1. The van der Waals surface area contributed by atoms with Gasteiger partial charge in [-0.25, -0.2) is 0 Å². The maximum atomic E-state index is 12.6. The molecule has 1 fully saturated rings. The van der Waals surface area contributed by atoms with Crippen LogP contribution in [-0.2, 0) is 14.3 Å². The number of nitro groups is 1. The molecule has 1 atom stereocenters. The number of carbonyl (C=O) groups is 2. The lowest BCUT2D eigenvalue weighted by atomic mass is 10.0. The fourth-order valence-corrected chi connectivity index (χ4v) is 4.74. The number of rotatable bonds is 7. The van der Waals surface area contributed by atoms with Crippen molar-refractivity contribution in [3.8, 4) is 0 Å². The van der Waals surface area contributed by atoms with Gasteiger partial charge in [-0.05, 0) is 35.3 Å². The van der Waals surface area contributed by atoms with Gasteiger partial charge in [0, 0.05) is 36.7 Å². The van der Waals surface area contributed by atoms with Gasteiger partial charge in [-0.15, -0.1) is 0 Å². The quantitative estimate of drug-likeness (QED) is 0.284. The molecule has 0 aliphatic carbocycles. The number of nitrogens with one attached hydrogen (secondary N) is 1. The van der Waals surface area contributed by atoms with Crippen LogP contribution < -0.4 is 5.32 Å². The van der Waals surface area contributed by atoms with E-state index >= 15 is 0 Å². The van der Waals surface area contributed by atoms with E-state index in [4.69, 9.17) is 4.74 Å². The zero-order chi connectivity index (χ0) is 24.0. The fourth-order valence-electron chi connectivity index (χ4n) is 3.56. The third-order valence-corrected chi connectivity index (χ3v) is 6.49. The first-order valence-corrected chi connectivity index (χ1v) is 11.4. The number of nitro benzene ring substituents is 1. The van der Waals surface area contributed by atoms with E-state index in [2.05, 4.69) is 19.2 Å². The Bertz CT molecular complexity index is 1070. The third-order valence-electron chi connectivity index (χ3n) is 5.33. The predicted octanol–water partition coefficient (Wildman–Crippen LogP) is 3.86. The smallest absolute Gasteiger partial charge is 0.324 e. The molecule has 1 amide bonds. The van der Waals surface area contributed by atoms with Gasteiger partial charge >= 0.3 is 5.97 Å². The summed E-state index contributed by atoms with van der Waals surface area (Å²) in [6, 6.07) is 12.3. The number of amides is 1. The number of ether oxygens (including phenoxy) is 1. The Hall–Kier alpha value is -3.17. The maximum absolute atomic E-state index is 12.6. The molecule has 9 heteroatoms. The van der Waals surface area contributed by atoms with Crippen LogP contribution in [0.15, 0.2) is 58.3 Å². The van der Waals surface area contributed by atoms with Crippen LogP contribution in [0.3, 0.4) is 0 Å². The van der Waals surface area contributed by atoms with Gasteiger partial charge in [0.05, 0.1) is 16.9 Å². The van der Waals surface area contributed by atoms with Crippen LogP contribution in [0.5, 0.6) is 0 Å². The third kappa shape index (κ3) is 6.21. The maximum Gasteiger partial charge on any atom is 0.324 e. The standard InChI is InChI=1S/C24H27N3O5S/c1-16(2)18-6-4-5-7-21(18)33-22-10-8-17(14-20(22)27(30)31)9-11-23(28)26-13-12-25-19(15-26)24(29)32-3/h4-11,14,16,19,25H,12-13,15H2,1-3H3. The van der Waals surface area contributed by atoms with Crippen molar-refractivity contribution in [3.63, 3.8) is 0 Å². The molecular formula is C24H27N3O5S. The van der Waals surface area contributed by atoms with Gasteiger partial charge < -0.3 is 15.0 Å². The van der Waals surface area contributed by atoms with E-state index < -0.39 is 16.9 Å². The van der Waals surface area contributed by atoms with Crippen LogP contribution >= 0.6 is 11.8 Å². The average molecular weight is 470 g/mol. The molecule has 1 unspecified atom stereocenters. The highest BCUT2D eigenvalue weighted by molar-refractivity contribution is 7.99. The number of methoxy groups -OCH3 is 1. The Morgan fingerprint density at radius 3 is 2.70 bits per heavy atom. The van der Waals surface area contributed by atoms with Gasteiger partial charge in [0.1, 0.15) is 6.04 Å². The number of benzene rings is 2. The van der Waals surface area contributed by atoms with Gasteiger partial charge in [-0.1, -0.05) is 49.9 Å². The zero-order valence-electron chi connectivity index (χ0n) is 18.8. The molecule has 0 saturated carbocycles. The summed E-state index contributed by atoms with van der Waals surface area (Å²) >= 11 is 1.37. The topological polar surface area (TPSA) is 102 Å². The second-order valence-corrected chi connectivity index (χ2v) is 9.01. The van der Waals surface area contributed by atoms with E-state index in [-0.39, 0.29) is 18.1 Å². The van der Waals surface area contributed by atoms with Crippen LogP contribution in [0.2, 0.25) is 0 Å². The monoisotopic (exact) mass is 469 g/mol. The molecule has 0 spiro atoms. The zero-order valence-corrected chi connectivity index (χ0v) is 19.6. The molecule has 0 bridgehead atoms. The first-order valence-electron chi connectivity index (χ1n) is 10.6. The Kier molecular flexibility index (Phi) is 8.24. The number of carbonyl (C=O) groups excluding carboxylic acids is 2. The molecule has 2 aromatic rings. The van der Waals surface area contributed by atoms with Crippen molar-refractivity contribution < 1.29 is 19.2 Å². The van der Waals surface area contributed by atoms with Gasteiger partial charge in [-0.2, -0.15) is 0 Å². The van der Waals surface area contributed by atoms with E-state index in [0.29, 0.717) is 29.5 Å². The molecule has 1 saturated heterocycles. The van der Waals surface area contributed by atoms with Crippen LogP contribution in [0.25, 0.3) is 6.08 Å². The van der Waals surface area contributed by atoms with Crippen LogP contribution in [0, 0.1) is 10.1 Å². The SMILES string of the molecule is COC(=O)C1CN(C(=O)C=Cc2ccc(Sc3ccccc3C(C)C)c([N+](=O)[O-])c2)CCN1. The molecule has 2 aromatic carbocycles. The molecule has 8 nitrogen and oxygen atoms in total. The predicted molar refractivity (Wildman–Crippen MR) is 127 cm³/mol. The van der Waals surface area contributed by atoms with E-state index in [0.717, 1.165) is 10.5 Å². The van der Waals surface area contributed by atoms with Crippen molar-refractivity contribution in [2.75, 3.05) is 26.7 Å². The summed E-state index contributed by atoms with van der Waals surface area (Å²) in [5.41, 5.74) is 1.67. The van der Waals surface area contributed by atoms with Crippen molar-refractivity contribution in [2.24, 2.45) is 0 Å². The molecule has 0 radical (unpaired) electrons. The summed E-state index contributed by atoms with van der Waals surface area (Å²) in [5.74, 6) is -0.388. The lowest BCUT2D eigenvalue weighted by Gasteiger charge is -2.31. The number of hydrogen-bond donors (Lipinski definition) is 1. The normalized spacial score (nSPS) is 16.2. The van der Waals surface area contributed by atoms with Gasteiger partial charge in [0.15, 0.2) is 0 Å². The number of nitrogens with zero attached hydrogens (tertiary/aromatic N) is 2. The highest BCUT2D eigenvalue weighted by Gasteiger charge is 2.27. The molecule has 1 aliphatic rings. The van der Waals surface area contributed by atoms with Crippen LogP contribution in [-0.4, -0.2) is 54.5 Å². The minimum absolute atomic E-state index is 0.0129. The summed E-state index contributed by atoms with van der Waals surface area (Å²) in [4.78, 5) is 38.7. The molecule has 174 valence electrons. The highest BCUT2D eigenvalue weighted by atomic mass is 32.2. The Morgan fingerprint density at radius 2 is 2.00 bits per heavy atom. The van der Waals surface area contributed by atoms with Gasteiger partial charge in [0.2, 0.25) is 5.91 Å². The fraction of sp³-hybridized carbons (Fsp3) is 0.333. The van der Waals surface area contributed by atoms with Crippen molar-refractivity contribution in [3.05, 3.63) is 69.8 Å². The van der Waals surface area contributed by atoms with Crippen LogP contribution in [0.4, 0.5) is 5.69 Å². The van der Waals surface area contributed by atoms with Crippen LogP contribution in [0.1, 0.15) is 30.9 Å². The second-order valence-electron chi connectivity index (χ2n) is 7.93.